The number of anilines is 1. The van der Waals surface area contributed by atoms with Crippen LogP contribution >= 0.6 is 46.3 Å². The van der Waals surface area contributed by atoms with E-state index in [2.05, 4.69) is 10.3 Å². The van der Waals surface area contributed by atoms with Crippen molar-refractivity contribution in [2.24, 2.45) is 0 Å². The van der Waals surface area contributed by atoms with Crippen molar-refractivity contribution in [1.82, 2.24) is 9.88 Å². The molecule has 1 aliphatic rings. The number of carbonyl (C=O) groups excluding carboxylic acids is 3. The number of nitrogens with one attached hydrogen (secondary N) is 1. The van der Waals surface area contributed by atoms with Gasteiger partial charge in [-0.15, -0.1) is 11.3 Å². The minimum absolute atomic E-state index is 0.251. The number of benzene rings is 2. The van der Waals surface area contributed by atoms with Crippen molar-refractivity contribution >= 4 is 74.6 Å². The molecule has 4 rings (SSSR count). The Hall–Kier alpha value is -2.65. The summed E-state index contributed by atoms with van der Waals surface area (Å²) in [6, 6.07) is 14.4. The lowest BCUT2D eigenvalue weighted by Crippen LogP contribution is -2.36. The van der Waals surface area contributed by atoms with Crippen LogP contribution < -0.4 is 5.32 Å². The second kappa shape index (κ2) is 9.87. The summed E-state index contributed by atoms with van der Waals surface area (Å²) in [7, 11) is 0. The summed E-state index contributed by atoms with van der Waals surface area (Å²) < 4.78 is 0. The molecule has 10 heteroatoms. The van der Waals surface area contributed by atoms with Gasteiger partial charge in [0.1, 0.15) is 6.54 Å². The summed E-state index contributed by atoms with van der Waals surface area (Å²) in [5.41, 5.74) is 1.69. The first-order valence-corrected chi connectivity index (χ1v) is 11.8. The van der Waals surface area contributed by atoms with E-state index >= 15 is 0 Å². The molecule has 0 unspecified atom stereocenters. The molecule has 1 aliphatic heterocycles. The van der Waals surface area contributed by atoms with Crippen LogP contribution in [0.5, 0.6) is 0 Å². The van der Waals surface area contributed by atoms with Gasteiger partial charge < -0.3 is 5.32 Å². The molecule has 0 radical (unpaired) electrons. The van der Waals surface area contributed by atoms with Gasteiger partial charge in [0, 0.05) is 27.5 Å². The molecule has 32 heavy (non-hydrogen) atoms. The molecule has 1 fully saturated rings. The van der Waals surface area contributed by atoms with Crippen LogP contribution in [0.3, 0.4) is 0 Å². The maximum atomic E-state index is 12.6. The van der Waals surface area contributed by atoms with Gasteiger partial charge in [-0.2, -0.15) is 0 Å². The highest BCUT2D eigenvalue weighted by atomic mass is 35.5. The van der Waals surface area contributed by atoms with Crippen molar-refractivity contribution in [1.29, 1.82) is 0 Å². The van der Waals surface area contributed by atoms with Crippen molar-refractivity contribution in [3.05, 3.63) is 85.7 Å². The number of imide groups is 1. The van der Waals surface area contributed by atoms with Crippen LogP contribution in [0, 0.1) is 0 Å². The van der Waals surface area contributed by atoms with E-state index in [0.29, 0.717) is 21.6 Å². The first-order chi connectivity index (χ1) is 15.4. The quantitative estimate of drug-likeness (QED) is 0.435. The van der Waals surface area contributed by atoms with Crippen molar-refractivity contribution in [2.45, 2.75) is 6.42 Å². The zero-order chi connectivity index (χ0) is 22.7. The maximum absolute atomic E-state index is 12.6. The fourth-order valence-corrected chi connectivity index (χ4v) is 4.94. The molecule has 3 amide bonds. The highest BCUT2D eigenvalue weighted by Crippen LogP contribution is 2.32. The van der Waals surface area contributed by atoms with E-state index in [0.717, 1.165) is 32.7 Å². The fraction of sp³-hybridized carbons (Fsp3) is 0.0909. The van der Waals surface area contributed by atoms with E-state index in [1.54, 1.807) is 36.5 Å². The number of aromatic nitrogens is 1. The average Bonchev–Trinajstić information content (AvgIpc) is 3.30. The minimum Gasteiger partial charge on any atom is -0.300 e. The van der Waals surface area contributed by atoms with E-state index in [4.69, 9.17) is 23.2 Å². The first-order valence-electron chi connectivity index (χ1n) is 9.38. The molecule has 0 aliphatic carbocycles. The number of thioether (sulfide) groups is 1. The lowest BCUT2D eigenvalue weighted by atomic mass is 10.1. The molecule has 2 aromatic carbocycles. The zero-order valence-electron chi connectivity index (χ0n) is 16.4. The molecule has 0 atom stereocenters. The van der Waals surface area contributed by atoms with Crippen LogP contribution in [0.15, 0.2) is 59.6 Å². The molecule has 0 bridgehead atoms. The minimum atomic E-state index is -0.511. The molecular formula is C22H15Cl2N3O3S2. The summed E-state index contributed by atoms with van der Waals surface area (Å²) >= 11 is 14.2. The Kier molecular flexibility index (Phi) is 6.95. The van der Waals surface area contributed by atoms with Gasteiger partial charge in [-0.3, -0.25) is 19.3 Å². The highest BCUT2D eigenvalue weighted by Gasteiger charge is 2.36. The summed E-state index contributed by atoms with van der Waals surface area (Å²) in [5.74, 6) is -1.01. The topological polar surface area (TPSA) is 79.4 Å². The Bertz CT molecular complexity index is 1230. The number of rotatable bonds is 6. The van der Waals surface area contributed by atoms with E-state index in [9.17, 15) is 14.4 Å². The molecule has 162 valence electrons. The highest BCUT2D eigenvalue weighted by molar-refractivity contribution is 8.18. The van der Waals surface area contributed by atoms with E-state index in [-0.39, 0.29) is 11.4 Å². The van der Waals surface area contributed by atoms with Crippen LogP contribution in [0.25, 0.3) is 6.08 Å². The third-order valence-electron chi connectivity index (χ3n) is 4.47. The molecule has 1 saturated heterocycles. The van der Waals surface area contributed by atoms with E-state index in [1.807, 2.05) is 24.3 Å². The van der Waals surface area contributed by atoms with E-state index < -0.39 is 17.1 Å². The van der Waals surface area contributed by atoms with Gasteiger partial charge in [0.25, 0.3) is 11.1 Å². The molecule has 0 spiro atoms. The van der Waals surface area contributed by atoms with Crippen LogP contribution in [0.4, 0.5) is 9.93 Å². The van der Waals surface area contributed by atoms with Gasteiger partial charge in [-0.25, -0.2) is 4.98 Å². The number of hydrogen-bond donors (Lipinski definition) is 1. The predicted octanol–water partition coefficient (Wildman–Crippen LogP) is 5.72. The Labute approximate surface area is 202 Å². The lowest BCUT2D eigenvalue weighted by molar-refractivity contribution is -0.127. The first kappa shape index (κ1) is 22.5. The third kappa shape index (κ3) is 5.39. The van der Waals surface area contributed by atoms with Crippen molar-refractivity contribution in [3.63, 3.8) is 0 Å². The number of amides is 3. The maximum Gasteiger partial charge on any atom is 0.294 e. The molecule has 1 aromatic heterocycles. The van der Waals surface area contributed by atoms with Crippen molar-refractivity contribution < 1.29 is 14.4 Å². The van der Waals surface area contributed by atoms with Gasteiger partial charge in [0.2, 0.25) is 5.91 Å². The molecule has 6 nitrogen and oxygen atoms in total. The van der Waals surface area contributed by atoms with Crippen LogP contribution in [0.1, 0.15) is 16.0 Å². The average molecular weight is 504 g/mol. The molecule has 2 heterocycles. The Morgan fingerprint density at radius 2 is 1.84 bits per heavy atom. The van der Waals surface area contributed by atoms with Gasteiger partial charge in [0.05, 0.1) is 4.91 Å². The number of hydrogen-bond acceptors (Lipinski definition) is 6. The monoisotopic (exact) mass is 503 g/mol. The Balaban J connectivity index is 1.37. The fourth-order valence-electron chi connectivity index (χ4n) is 2.93. The van der Waals surface area contributed by atoms with Crippen LogP contribution in [0.2, 0.25) is 10.0 Å². The number of nitrogens with zero attached hydrogens (tertiary/aromatic N) is 2. The molecule has 3 aromatic rings. The zero-order valence-corrected chi connectivity index (χ0v) is 19.5. The standard InChI is InChI=1S/C22H15Cl2N3O3S2/c23-15-7-5-13(6-8-15)9-18-20(29)27(22(30)32-18)12-19(28)26-21-25-11-16(31-21)10-14-3-1-2-4-17(14)24/h1-9,11H,10,12H2,(H,25,26,28)/b18-9-. The molecule has 1 N–H and O–H groups in total. The van der Waals surface area contributed by atoms with Crippen LogP contribution in [-0.4, -0.2) is 33.5 Å². The third-order valence-corrected chi connectivity index (χ3v) is 6.91. The lowest BCUT2D eigenvalue weighted by Gasteiger charge is -2.11. The summed E-state index contributed by atoms with van der Waals surface area (Å²) in [5, 5.41) is 3.78. The summed E-state index contributed by atoms with van der Waals surface area (Å²) in [6.07, 6.45) is 3.85. The van der Waals surface area contributed by atoms with Gasteiger partial charge in [0.15, 0.2) is 5.13 Å². The smallest absolute Gasteiger partial charge is 0.294 e. The predicted molar refractivity (Wildman–Crippen MR) is 129 cm³/mol. The summed E-state index contributed by atoms with van der Waals surface area (Å²) in [4.78, 5) is 43.6. The number of thiazole rings is 1. The largest absolute Gasteiger partial charge is 0.300 e. The van der Waals surface area contributed by atoms with Crippen LogP contribution in [-0.2, 0) is 16.0 Å². The van der Waals surface area contributed by atoms with Crippen molar-refractivity contribution in [2.75, 3.05) is 11.9 Å². The van der Waals surface area contributed by atoms with Gasteiger partial charge in [-0.1, -0.05) is 53.5 Å². The van der Waals surface area contributed by atoms with Gasteiger partial charge in [-0.05, 0) is 47.2 Å². The van der Waals surface area contributed by atoms with Crippen molar-refractivity contribution in [3.8, 4) is 0 Å². The number of halogens is 2. The Morgan fingerprint density at radius 1 is 1.09 bits per heavy atom. The van der Waals surface area contributed by atoms with E-state index in [1.165, 1.54) is 11.3 Å². The second-order valence-electron chi connectivity index (χ2n) is 6.77. The SMILES string of the molecule is O=C(CN1C(=O)S/C(=C\c2ccc(Cl)cc2)C1=O)Nc1ncc(Cc2ccccc2Cl)s1. The normalized spacial score (nSPS) is 14.9. The van der Waals surface area contributed by atoms with Gasteiger partial charge >= 0.3 is 0 Å². The summed E-state index contributed by atoms with van der Waals surface area (Å²) in [6.45, 7) is -0.387. The molecule has 0 saturated carbocycles. The molecular weight excluding hydrogens is 489 g/mol. The Morgan fingerprint density at radius 3 is 2.59 bits per heavy atom. The number of carbonyl (C=O) groups is 3. The second-order valence-corrected chi connectivity index (χ2v) is 9.72.